The van der Waals surface area contributed by atoms with Crippen LogP contribution in [0.5, 0.6) is 0 Å². The Hall–Kier alpha value is -2.73. The molecule has 0 amide bonds. The second kappa shape index (κ2) is 6.80. The van der Waals surface area contributed by atoms with E-state index in [-0.39, 0.29) is 5.82 Å². The van der Waals surface area contributed by atoms with Crippen molar-refractivity contribution in [1.82, 2.24) is 0 Å². The van der Waals surface area contributed by atoms with E-state index in [1.54, 1.807) is 24.3 Å². The molecule has 0 aliphatic carbocycles. The van der Waals surface area contributed by atoms with Crippen LogP contribution in [0.25, 0.3) is 10.8 Å². The molecule has 0 saturated heterocycles. The smallest absolute Gasteiger partial charge is 0.159 e. The molecule has 0 radical (unpaired) electrons. The molecule has 0 heterocycles. The first-order valence-corrected chi connectivity index (χ1v) is 7.76. The highest BCUT2D eigenvalue weighted by Gasteiger charge is 2.04. The summed E-state index contributed by atoms with van der Waals surface area (Å²) < 4.78 is 40.6. The van der Waals surface area contributed by atoms with Crippen molar-refractivity contribution in [3.8, 4) is 11.8 Å². The van der Waals surface area contributed by atoms with Crippen molar-refractivity contribution in [1.29, 1.82) is 0 Å². The summed E-state index contributed by atoms with van der Waals surface area (Å²) in [6.07, 6.45) is 1.79. The summed E-state index contributed by atoms with van der Waals surface area (Å²) in [6, 6.07) is 12.4. The van der Waals surface area contributed by atoms with Gasteiger partial charge in [-0.15, -0.1) is 0 Å². The minimum Gasteiger partial charge on any atom is -0.206 e. The Morgan fingerprint density at radius 2 is 1.50 bits per heavy atom. The van der Waals surface area contributed by atoms with Gasteiger partial charge in [-0.3, -0.25) is 0 Å². The highest BCUT2D eigenvalue weighted by atomic mass is 19.2. The SMILES string of the molecule is CCCc1ccc(C#Cc2ccc3cc(F)c(F)cc3c2)c(F)c1. The summed E-state index contributed by atoms with van der Waals surface area (Å²) in [7, 11) is 0. The van der Waals surface area contributed by atoms with Crippen molar-refractivity contribution in [2.45, 2.75) is 19.8 Å². The first kappa shape index (κ1) is 16.1. The molecule has 0 aromatic heterocycles. The van der Waals surface area contributed by atoms with Gasteiger partial charge in [-0.2, -0.15) is 0 Å². The topological polar surface area (TPSA) is 0 Å². The molecular formula is C21H15F3. The monoisotopic (exact) mass is 324 g/mol. The standard InChI is InChI=1S/C21H15F3/c1-2-3-14-4-7-16(19(22)11-14)8-5-15-6-9-17-12-20(23)21(24)13-18(17)10-15/h4,6-7,9-13H,2-3H2,1H3. The van der Waals surface area contributed by atoms with Crippen LogP contribution in [0.1, 0.15) is 30.0 Å². The highest BCUT2D eigenvalue weighted by Crippen LogP contribution is 2.20. The van der Waals surface area contributed by atoms with Crippen LogP contribution in [0.15, 0.2) is 48.5 Å². The Morgan fingerprint density at radius 3 is 2.21 bits per heavy atom. The van der Waals surface area contributed by atoms with Gasteiger partial charge < -0.3 is 0 Å². The van der Waals surface area contributed by atoms with Gasteiger partial charge in [0, 0.05) is 5.56 Å². The van der Waals surface area contributed by atoms with E-state index >= 15 is 0 Å². The van der Waals surface area contributed by atoms with Crippen LogP contribution in [0.3, 0.4) is 0 Å². The molecule has 3 heteroatoms. The first-order valence-electron chi connectivity index (χ1n) is 7.76. The van der Waals surface area contributed by atoms with Gasteiger partial charge in [0.1, 0.15) is 5.82 Å². The number of aryl methyl sites for hydroxylation is 1. The average Bonchev–Trinajstić information content (AvgIpc) is 2.55. The van der Waals surface area contributed by atoms with Crippen LogP contribution in [-0.2, 0) is 6.42 Å². The second-order valence-corrected chi connectivity index (χ2v) is 5.64. The van der Waals surface area contributed by atoms with E-state index in [0.717, 1.165) is 30.5 Å². The molecule has 0 unspecified atom stereocenters. The quantitative estimate of drug-likeness (QED) is 0.538. The Balaban J connectivity index is 1.93. The lowest BCUT2D eigenvalue weighted by molar-refractivity contribution is 0.511. The van der Waals surface area contributed by atoms with Gasteiger partial charge in [0.25, 0.3) is 0 Å². The van der Waals surface area contributed by atoms with Crippen LogP contribution in [0, 0.1) is 29.3 Å². The predicted molar refractivity (Wildman–Crippen MR) is 90.2 cm³/mol. The van der Waals surface area contributed by atoms with Gasteiger partial charge >= 0.3 is 0 Å². The summed E-state index contributed by atoms with van der Waals surface area (Å²) in [5, 5.41) is 1.15. The van der Waals surface area contributed by atoms with E-state index < -0.39 is 11.6 Å². The minimum absolute atomic E-state index is 0.320. The number of fused-ring (bicyclic) bond motifs is 1. The molecule has 3 aromatic rings. The lowest BCUT2D eigenvalue weighted by Crippen LogP contribution is -1.89. The van der Waals surface area contributed by atoms with E-state index in [1.807, 2.05) is 13.0 Å². The van der Waals surface area contributed by atoms with Crippen LogP contribution in [0.4, 0.5) is 13.2 Å². The maximum atomic E-state index is 14.0. The van der Waals surface area contributed by atoms with Crippen LogP contribution < -0.4 is 0 Å². The zero-order valence-electron chi connectivity index (χ0n) is 13.2. The normalized spacial score (nSPS) is 10.5. The fourth-order valence-electron chi connectivity index (χ4n) is 2.56. The van der Waals surface area contributed by atoms with Crippen molar-refractivity contribution < 1.29 is 13.2 Å². The van der Waals surface area contributed by atoms with Crippen molar-refractivity contribution in [2.75, 3.05) is 0 Å². The van der Waals surface area contributed by atoms with E-state index in [9.17, 15) is 13.2 Å². The third-order valence-electron chi connectivity index (χ3n) is 3.79. The molecule has 0 atom stereocenters. The van der Waals surface area contributed by atoms with Crippen LogP contribution in [-0.4, -0.2) is 0 Å². The number of benzene rings is 3. The minimum atomic E-state index is -0.898. The van der Waals surface area contributed by atoms with Gasteiger partial charge in [0.2, 0.25) is 0 Å². The number of hydrogen-bond donors (Lipinski definition) is 0. The van der Waals surface area contributed by atoms with Gasteiger partial charge in [-0.25, -0.2) is 13.2 Å². The molecule has 0 aliphatic rings. The lowest BCUT2D eigenvalue weighted by atomic mass is 10.1. The van der Waals surface area contributed by atoms with Crippen molar-refractivity contribution in [3.05, 3.63) is 82.7 Å². The molecule has 0 nitrogen and oxygen atoms in total. The van der Waals surface area contributed by atoms with Crippen LogP contribution in [0.2, 0.25) is 0 Å². The van der Waals surface area contributed by atoms with E-state index in [1.165, 1.54) is 6.07 Å². The Labute approximate surface area is 138 Å². The molecule has 0 fully saturated rings. The van der Waals surface area contributed by atoms with Gasteiger partial charge in [-0.05, 0) is 59.2 Å². The third-order valence-corrected chi connectivity index (χ3v) is 3.79. The largest absolute Gasteiger partial charge is 0.206 e. The zero-order valence-corrected chi connectivity index (χ0v) is 13.2. The van der Waals surface area contributed by atoms with Crippen molar-refractivity contribution in [3.63, 3.8) is 0 Å². The van der Waals surface area contributed by atoms with Gasteiger partial charge in [-0.1, -0.05) is 37.3 Å². The lowest BCUT2D eigenvalue weighted by Gasteiger charge is -2.01. The molecule has 0 bridgehead atoms. The predicted octanol–water partition coefficient (Wildman–Crippen LogP) is 5.61. The molecule has 24 heavy (non-hydrogen) atoms. The van der Waals surface area contributed by atoms with Crippen LogP contribution >= 0.6 is 0 Å². The molecule has 0 N–H and O–H groups in total. The van der Waals surface area contributed by atoms with Crippen molar-refractivity contribution >= 4 is 10.8 Å². The highest BCUT2D eigenvalue weighted by molar-refractivity contribution is 5.84. The van der Waals surface area contributed by atoms with Gasteiger partial charge in [0.15, 0.2) is 11.6 Å². The van der Waals surface area contributed by atoms with E-state index in [2.05, 4.69) is 11.8 Å². The van der Waals surface area contributed by atoms with E-state index in [4.69, 9.17) is 0 Å². The maximum Gasteiger partial charge on any atom is 0.159 e. The molecule has 0 aliphatic heterocycles. The molecule has 0 spiro atoms. The summed E-state index contributed by atoms with van der Waals surface area (Å²) in [4.78, 5) is 0. The molecule has 120 valence electrons. The zero-order chi connectivity index (χ0) is 17.1. The Kier molecular flexibility index (Phi) is 4.57. The number of hydrogen-bond acceptors (Lipinski definition) is 0. The fourth-order valence-corrected chi connectivity index (χ4v) is 2.56. The van der Waals surface area contributed by atoms with Crippen molar-refractivity contribution in [2.24, 2.45) is 0 Å². The Morgan fingerprint density at radius 1 is 0.750 bits per heavy atom. The summed E-state index contributed by atoms with van der Waals surface area (Å²) in [5.41, 5.74) is 1.88. The molecule has 3 rings (SSSR count). The molecular weight excluding hydrogens is 309 g/mol. The first-order chi connectivity index (χ1) is 11.6. The summed E-state index contributed by atoms with van der Waals surface area (Å²) in [6.45, 7) is 2.04. The molecule has 3 aromatic carbocycles. The number of rotatable bonds is 2. The fraction of sp³-hybridized carbons (Fsp3) is 0.143. The summed E-state index contributed by atoms with van der Waals surface area (Å²) >= 11 is 0. The third kappa shape index (κ3) is 3.44. The summed E-state index contributed by atoms with van der Waals surface area (Å²) in [5.74, 6) is 3.55. The molecule has 0 saturated carbocycles. The van der Waals surface area contributed by atoms with E-state index in [0.29, 0.717) is 21.9 Å². The Bertz CT molecular complexity index is 962. The maximum absolute atomic E-state index is 14.0. The second-order valence-electron chi connectivity index (χ2n) is 5.64. The number of halogens is 3. The average molecular weight is 324 g/mol. The van der Waals surface area contributed by atoms with Gasteiger partial charge in [0.05, 0.1) is 5.56 Å².